The average Bonchev–Trinajstić information content (AvgIpc) is 2.76. The van der Waals surface area contributed by atoms with Crippen LogP contribution in [-0.4, -0.2) is 11.8 Å². The maximum absolute atomic E-state index is 12.9. The van der Waals surface area contributed by atoms with Crippen LogP contribution >= 0.6 is 0 Å². The number of rotatable bonds is 4. The molecule has 0 fully saturated rings. The van der Waals surface area contributed by atoms with E-state index in [1.807, 2.05) is 0 Å². The lowest BCUT2D eigenvalue weighted by Gasteiger charge is -2.15. The van der Waals surface area contributed by atoms with E-state index in [-0.39, 0.29) is 5.76 Å². The van der Waals surface area contributed by atoms with Crippen LogP contribution in [0.3, 0.4) is 0 Å². The number of hydrogen-bond donors (Lipinski definition) is 2. The molecule has 1 atom stereocenters. The standard InChI is InChI=1S/C15H15FN2O3/c1-8-7-9(2)21-13(8)15(20)18-12(14(17)19)10-3-5-11(16)6-4-10/h3-7,12H,1-2H3,(H2,17,19)(H,18,20)/t12-/m1/s1. The molecule has 3 N–H and O–H groups in total. The molecule has 0 aliphatic rings. The molecule has 5 nitrogen and oxygen atoms in total. The first-order chi connectivity index (χ1) is 9.88. The summed E-state index contributed by atoms with van der Waals surface area (Å²) < 4.78 is 18.2. The summed E-state index contributed by atoms with van der Waals surface area (Å²) in [6, 6.07) is 5.84. The van der Waals surface area contributed by atoms with Gasteiger partial charge in [-0.1, -0.05) is 12.1 Å². The fraction of sp³-hybridized carbons (Fsp3) is 0.200. The topological polar surface area (TPSA) is 85.3 Å². The Hall–Kier alpha value is -2.63. The summed E-state index contributed by atoms with van der Waals surface area (Å²) in [6.07, 6.45) is 0. The molecule has 0 saturated carbocycles. The third kappa shape index (κ3) is 3.28. The Morgan fingerprint density at radius 2 is 1.86 bits per heavy atom. The number of benzene rings is 1. The molecule has 0 radical (unpaired) electrons. The number of hydrogen-bond acceptors (Lipinski definition) is 3. The zero-order valence-electron chi connectivity index (χ0n) is 11.6. The van der Waals surface area contributed by atoms with E-state index in [1.165, 1.54) is 24.3 Å². The molecule has 0 spiro atoms. The second kappa shape index (κ2) is 5.78. The Bertz CT molecular complexity index is 677. The normalized spacial score (nSPS) is 12.0. The van der Waals surface area contributed by atoms with Gasteiger partial charge in [-0.25, -0.2) is 4.39 Å². The van der Waals surface area contributed by atoms with E-state index in [0.717, 1.165) is 0 Å². The second-order valence-corrected chi connectivity index (χ2v) is 4.73. The number of aryl methyl sites for hydroxylation is 2. The van der Waals surface area contributed by atoms with Gasteiger partial charge >= 0.3 is 0 Å². The summed E-state index contributed by atoms with van der Waals surface area (Å²) in [5.41, 5.74) is 6.36. The number of nitrogens with one attached hydrogen (secondary N) is 1. The lowest BCUT2D eigenvalue weighted by atomic mass is 10.1. The minimum atomic E-state index is -1.05. The number of primary amides is 1. The molecule has 0 aliphatic carbocycles. The van der Waals surface area contributed by atoms with Gasteiger partial charge in [0.25, 0.3) is 5.91 Å². The summed E-state index contributed by atoms with van der Waals surface area (Å²) in [5, 5.41) is 2.49. The summed E-state index contributed by atoms with van der Waals surface area (Å²) in [7, 11) is 0. The maximum atomic E-state index is 12.9. The number of carbonyl (C=O) groups is 2. The van der Waals surface area contributed by atoms with Gasteiger partial charge in [0.05, 0.1) is 0 Å². The minimum Gasteiger partial charge on any atom is -0.456 e. The van der Waals surface area contributed by atoms with E-state index in [9.17, 15) is 14.0 Å². The van der Waals surface area contributed by atoms with Crippen molar-refractivity contribution in [2.75, 3.05) is 0 Å². The Kier molecular flexibility index (Phi) is 4.07. The molecular formula is C15H15FN2O3. The van der Waals surface area contributed by atoms with Crippen molar-refractivity contribution < 1.29 is 18.4 Å². The lowest BCUT2D eigenvalue weighted by Crippen LogP contribution is -2.37. The van der Waals surface area contributed by atoms with Gasteiger partial charge in [-0.2, -0.15) is 0 Å². The molecule has 6 heteroatoms. The van der Waals surface area contributed by atoms with Crippen LogP contribution in [0.5, 0.6) is 0 Å². The first kappa shape index (κ1) is 14.8. The van der Waals surface area contributed by atoms with Gasteiger partial charge < -0.3 is 15.5 Å². The highest BCUT2D eigenvalue weighted by molar-refractivity contribution is 5.96. The van der Waals surface area contributed by atoms with Crippen molar-refractivity contribution in [3.05, 3.63) is 58.8 Å². The van der Waals surface area contributed by atoms with Crippen molar-refractivity contribution in [2.24, 2.45) is 5.73 Å². The fourth-order valence-electron chi connectivity index (χ4n) is 2.04. The Morgan fingerprint density at radius 1 is 1.24 bits per heavy atom. The van der Waals surface area contributed by atoms with Crippen molar-refractivity contribution >= 4 is 11.8 Å². The van der Waals surface area contributed by atoms with Gasteiger partial charge in [0.2, 0.25) is 5.91 Å². The van der Waals surface area contributed by atoms with Gasteiger partial charge in [0, 0.05) is 5.56 Å². The van der Waals surface area contributed by atoms with Crippen molar-refractivity contribution in [2.45, 2.75) is 19.9 Å². The second-order valence-electron chi connectivity index (χ2n) is 4.73. The van der Waals surface area contributed by atoms with Crippen LogP contribution in [0.2, 0.25) is 0 Å². The van der Waals surface area contributed by atoms with Crippen molar-refractivity contribution in [3.63, 3.8) is 0 Å². The van der Waals surface area contributed by atoms with Crippen molar-refractivity contribution in [1.82, 2.24) is 5.32 Å². The summed E-state index contributed by atoms with van der Waals surface area (Å²) in [4.78, 5) is 23.7. The van der Waals surface area contributed by atoms with Gasteiger partial charge in [-0.05, 0) is 37.6 Å². The number of carbonyl (C=O) groups excluding carboxylic acids is 2. The molecule has 2 aromatic rings. The molecule has 1 aromatic heterocycles. The highest BCUT2D eigenvalue weighted by atomic mass is 19.1. The number of furan rings is 1. The van der Waals surface area contributed by atoms with Crippen molar-refractivity contribution in [3.8, 4) is 0 Å². The third-order valence-corrected chi connectivity index (χ3v) is 3.01. The lowest BCUT2D eigenvalue weighted by molar-refractivity contribution is -0.120. The number of amides is 2. The zero-order chi connectivity index (χ0) is 15.6. The molecule has 2 amide bonds. The molecule has 0 aliphatic heterocycles. The van der Waals surface area contributed by atoms with E-state index in [2.05, 4.69) is 5.32 Å². The first-order valence-corrected chi connectivity index (χ1v) is 6.31. The van der Waals surface area contributed by atoms with E-state index in [0.29, 0.717) is 16.9 Å². The summed E-state index contributed by atoms with van der Waals surface area (Å²) in [6.45, 7) is 3.44. The zero-order valence-corrected chi connectivity index (χ0v) is 11.6. The van der Waals surface area contributed by atoms with Crippen LogP contribution in [0.15, 0.2) is 34.7 Å². The smallest absolute Gasteiger partial charge is 0.288 e. The molecular weight excluding hydrogens is 275 g/mol. The van der Waals surface area contributed by atoms with Crippen molar-refractivity contribution in [1.29, 1.82) is 0 Å². The Morgan fingerprint density at radius 3 is 2.33 bits per heavy atom. The molecule has 0 unspecified atom stereocenters. The Balaban J connectivity index is 2.24. The van der Waals surface area contributed by atoms with Crippen LogP contribution in [0, 0.1) is 19.7 Å². The molecule has 1 heterocycles. The Labute approximate surface area is 120 Å². The van der Waals surface area contributed by atoms with Crippen LogP contribution in [-0.2, 0) is 4.79 Å². The van der Waals surface area contributed by atoms with Gasteiger partial charge in [0.1, 0.15) is 17.6 Å². The molecule has 110 valence electrons. The fourth-order valence-corrected chi connectivity index (χ4v) is 2.04. The molecule has 0 bridgehead atoms. The minimum absolute atomic E-state index is 0.126. The number of nitrogens with two attached hydrogens (primary N) is 1. The monoisotopic (exact) mass is 290 g/mol. The third-order valence-electron chi connectivity index (χ3n) is 3.01. The number of halogens is 1. The van der Waals surface area contributed by atoms with Crippen LogP contribution < -0.4 is 11.1 Å². The quantitative estimate of drug-likeness (QED) is 0.903. The van der Waals surface area contributed by atoms with E-state index in [1.54, 1.807) is 19.9 Å². The largest absolute Gasteiger partial charge is 0.456 e. The predicted octanol–water partition coefficient (Wildman–Crippen LogP) is 1.99. The van der Waals surface area contributed by atoms with Crippen LogP contribution in [0.25, 0.3) is 0 Å². The molecule has 0 saturated heterocycles. The van der Waals surface area contributed by atoms with Crippen LogP contribution in [0.1, 0.15) is 33.5 Å². The van der Waals surface area contributed by atoms with Gasteiger partial charge in [0.15, 0.2) is 5.76 Å². The predicted molar refractivity (Wildman–Crippen MR) is 74.0 cm³/mol. The summed E-state index contributed by atoms with van der Waals surface area (Å²) in [5.74, 6) is -1.01. The average molecular weight is 290 g/mol. The SMILES string of the molecule is Cc1cc(C)c(C(=O)N[C@@H](C(N)=O)c2ccc(F)cc2)o1. The molecule has 21 heavy (non-hydrogen) atoms. The van der Waals surface area contributed by atoms with Gasteiger partial charge in [-0.3, -0.25) is 9.59 Å². The molecule has 2 rings (SSSR count). The van der Waals surface area contributed by atoms with Crippen LogP contribution in [0.4, 0.5) is 4.39 Å². The van der Waals surface area contributed by atoms with E-state index in [4.69, 9.17) is 10.2 Å². The first-order valence-electron chi connectivity index (χ1n) is 6.31. The van der Waals surface area contributed by atoms with Gasteiger partial charge in [-0.15, -0.1) is 0 Å². The highest BCUT2D eigenvalue weighted by Gasteiger charge is 2.23. The highest BCUT2D eigenvalue weighted by Crippen LogP contribution is 2.17. The van der Waals surface area contributed by atoms with E-state index >= 15 is 0 Å². The molecule has 1 aromatic carbocycles. The van der Waals surface area contributed by atoms with E-state index < -0.39 is 23.7 Å². The maximum Gasteiger partial charge on any atom is 0.288 e. The summed E-state index contributed by atoms with van der Waals surface area (Å²) >= 11 is 0.